The van der Waals surface area contributed by atoms with Crippen LogP contribution in [0.3, 0.4) is 0 Å². The highest BCUT2D eigenvalue weighted by Gasteiger charge is 2.08. The van der Waals surface area contributed by atoms with Gasteiger partial charge in [0.05, 0.1) is 12.2 Å². The molecule has 2 aromatic rings. The molecule has 0 spiro atoms. The molecule has 0 atom stereocenters. The molecule has 0 amide bonds. The number of nitrogens with zero attached hydrogens (tertiary/aromatic N) is 2. The van der Waals surface area contributed by atoms with E-state index in [0.717, 1.165) is 6.54 Å². The SMILES string of the molecule is CC(C)CNCc1nnc(Nc2ccccc2F)o1. The molecule has 1 heterocycles. The van der Waals surface area contributed by atoms with Crippen molar-refractivity contribution in [2.24, 2.45) is 5.92 Å². The summed E-state index contributed by atoms with van der Waals surface area (Å²) in [5.41, 5.74) is 0.313. The zero-order chi connectivity index (χ0) is 13.7. The molecule has 2 N–H and O–H groups in total. The number of hydrogen-bond acceptors (Lipinski definition) is 5. The van der Waals surface area contributed by atoms with E-state index in [1.54, 1.807) is 18.2 Å². The fourth-order valence-electron chi connectivity index (χ4n) is 1.52. The van der Waals surface area contributed by atoms with E-state index < -0.39 is 0 Å². The monoisotopic (exact) mass is 264 g/mol. The first-order chi connectivity index (χ1) is 9.15. The Hall–Kier alpha value is -1.95. The van der Waals surface area contributed by atoms with E-state index in [1.165, 1.54) is 6.07 Å². The van der Waals surface area contributed by atoms with E-state index in [9.17, 15) is 4.39 Å². The molecule has 102 valence electrons. The fourth-order valence-corrected chi connectivity index (χ4v) is 1.52. The molecule has 0 radical (unpaired) electrons. The smallest absolute Gasteiger partial charge is 0.320 e. The molecule has 0 unspecified atom stereocenters. The summed E-state index contributed by atoms with van der Waals surface area (Å²) in [6.07, 6.45) is 0. The zero-order valence-electron chi connectivity index (χ0n) is 11.0. The quantitative estimate of drug-likeness (QED) is 0.840. The molecule has 19 heavy (non-hydrogen) atoms. The summed E-state index contributed by atoms with van der Waals surface area (Å²) < 4.78 is 18.8. The van der Waals surface area contributed by atoms with Gasteiger partial charge in [-0.15, -0.1) is 5.10 Å². The second-order valence-electron chi connectivity index (χ2n) is 4.63. The molecule has 0 saturated heterocycles. The average molecular weight is 264 g/mol. The van der Waals surface area contributed by atoms with Gasteiger partial charge in [-0.1, -0.05) is 31.1 Å². The first kappa shape index (κ1) is 13.5. The van der Waals surface area contributed by atoms with Gasteiger partial charge in [0.1, 0.15) is 5.82 Å². The predicted octanol–water partition coefficient (Wildman–Crippen LogP) is 2.70. The number of nitrogens with one attached hydrogen (secondary N) is 2. The van der Waals surface area contributed by atoms with Crippen molar-refractivity contribution in [1.29, 1.82) is 0 Å². The van der Waals surface area contributed by atoms with E-state index in [0.29, 0.717) is 24.0 Å². The molecule has 0 aliphatic rings. The van der Waals surface area contributed by atoms with E-state index in [-0.39, 0.29) is 11.8 Å². The van der Waals surface area contributed by atoms with Crippen LogP contribution in [0.5, 0.6) is 0 Å². The van der Waals surface area contributed by atoms with Crippen LogP contribution in [0, 0.1) is 11.7 Å². The number of hydrogen-bond donors (Lipinski definition) is 2. The number of benzene rings is 1. The minimum atomic E-state index is -0.361. The van der Waals surface area contributed by atoms with Crippen LogP contribution in [-0.4, -0.2) is 16.7 Å². The maximum absolute atomic E-state index is 13.4. The topological polar surface area (TPSA) is 63.0 Å². The van der Waals surface area contributed by atoms with Gasteiger partial charge in [0, 0.05) is 0 Å². The summed E-state index contributed by atoms with van der Waals surface area (Å²) in [5, 5.41) is 13.6. The Labute approximate surface area is 111 Å². The minimum absolute atomic E-state index is 0.187. The Balaban J connectivity index is 1.92. The molecule has 0 saturated carbocycles. The van der Waals surface area contributed by atoms with Crippen LogP contribution in [-0.2, 0) is 6.54 Å². The summed E-state index contributed by atoms with van der Waals surface area (Å²) >= 11 is 0. The van der Waals surface area contributed by atoms with Gasteiger partial charge in [-0.2, -0.15) is 0 Å². The predicted molar refractivity (Wildman–Crippen MR) is 70.5 cm³/mol. The Bertz CT molecular complexity index is 527. The molecule has 0 aliphatic heterocycles. The van der Waals surface area contributed by atoms with Crippen LogP contribution in [0.25, 0.3) is 0 Å². The molecule has 6 heteroatoms. The maximum Gasteiger partial charge on any atom is 0.320 e. The molecule has 1 aromatic carbocycles. The molecule has 0 bridgehead atoms. The third-order valence-corrected chi connectivity index (χ3v) is 2.41. The van der Waals surface area contributed by atoms with Gasteiger partial charge in [0.25, 0.3) is 0 Å². The van der Waals surface area contributed by atoms with Crippen molar-refractivity contribution in [1.82, 2.24) is 15.5 Å². The first-order valence-corrected chi connectivity index (χ1v) is 6.20. The van der Waals surface area contributed by atoms with Crippen LogP contribution < -0.4 is 10.6 Å². The van der Waals surface area contributed by atoms with Gasteiger partial charge in [0.15, 0.2) is 0 Å². The van der Waals surface area contributed by atoms with Crippen molar-refractivity contribution < 1.29 is 8.81 Å². The van der Waals surface area contributed by atoms with Crippen molar-refractivity contribution in [2.75, 3.05) is 11.9 Å². The highest BCUT2D eigenvalue weighted by atomic mass is 19.1. The summed E-state index contributed by atoms with van der Waals surface area (Å²) in [6, 6.07) is 6.51. The van der Waals surface area contributed by atoms with Gasteiger partial charge in [-0.05, 0) is 24.6 Å². The molecule has 0 aliphatic carbocycles. The average Bonchev–Trinajstić information content (AvgIpc) is 2.79. The van der Waals surface area contributed by atoms with E-state index >= 15 is 0 Å². The Morgan fingerprint density at radius 1 is 1.26 bits per heavy atom. The summed E-state index contributed by atoms with van der Waals surface area (Å²) in [7, 11) is 0. The lowest BCUT2D eigenvalue weighted by molar-refractivity contribution is 0.460. The van der Waals surface area contributed by atoms with Crippen molar-refractivity contribution in [3.8, 4) is 0 Å². The summed E-state index contributed by atoms with van der Waals surface area (Å²) in [5.74, 6) is 0.665. The van der Waals surface area contributed by atoms with Crippen molar-refractivity contribution in [3.05, 3.63) is 36.0 Å². The molecule has 0 fully saturated rings. The molecular formula is C13H17FN4O. The number of halogens is 1. The third-order valence-electron chi connectivity index (χ3n) is 2.41. The number of rotatable bonds is 6. The van der Waals surface area contributed by atoms with E-state index in [4.69, 9.17) is 4.42 Å². The minimum Gasteiger partial charge on any atom is -0.406 e. The van der Waals surface area contributed by atoms with Gasteiger partial charge >= 0.3 is 6.01 Å². The van der Waals surface area contributed by atoms with Crippen LogP contribution in [0.4, 0.5) is 16.1 Å². The standard InChI is InChI=1S/C13H17FN4O/c1-9(2)7-15-8-12-17-18-13(19-12)16-11-6-4-3-5-10(11)14/h3-6,9,15H,7-8H2,1-2H3,(H,16,18). The van der Waals surface area contributed by atoms with E-state index in [2.05, 4.69) is 34.7 Å². The zero-order valence-corrected chi connectivity index (χ0v) is 11.0. The maximum atomic E-state index is 13.4. The van der Waals surface area contributed by atoms with Gasteiger partial charge in [-0.25, -0.2) is 4.39 Å². The first-order valence-electron chi connectivity index (χ1n) is 6.20. The van der Waals surface area contributed by atoms with Gasteiger partial charge in [-0.3, -0.25) is 0 Å². The second kappa shape index (κ2) is 6.29. The largest absolute Gasteiger partial charge is 0.406 e. The molecule has 1 aromatic heterocycles. The Morgan fingerprint density at radius 3 is 2.79 bits per heavy atom. The van der Waals surface area contributed by atoms with Crippen molar-refractivity contribution >= 4 is 11.7 Å². The normalized spacial score (nSPS) is 10.9. The van der Waals surface area contributed by atoms with Crippen molar-refractivity contribution in [2.45, 2.75) is 20.4 Å². The highest BCUT2D eigenvalue weighted by Crippen LogP contribution is 2.18. The van der Waals surface area contributed by atoms with Gasteiger partial charge in [0.2, 0.25) is 5.89 Å². The van der Waals surface area contributed by atoms with Crippen LogP contribution >= 0.6 is 0 Å². The number of aromatic nitrogens is 2. The summed E-state index contributed by atoms with van der Waals surface area (Å²) in [6.45, 7) is 5.61. The van der Waals surface area contributed by atoms with Crippen molar-refractivity contribution in [3.63, 3.8) is 0 Å². The third kappa shape index (κ3) is 4.03. The van der Waals surface area contributed by atoms with Crippen LogP contribution in [0.15, 0.2) is 28.7 Å². The Morgan fingerprint density at radius 2 is 2.05 bits per heavy atom. The molecular weight excluding hydrogens is 247 g/mol. The Kier molecular flexibility index (Phi) is 4.46. The van der Waals surface area contributed by atoms with Gasteiger partial charge < -0.3 is 15.1 Å². The number of anilines is 2. The lowest BCUT2D eigenvalue weighted by Gasteiger charge is -2.04. The molecule has 2 rings (SSSR count). The second-order valence-corrected chi connectivity index (χ2v) is 4.63. The van der Waals surface area contributed by atoms with Crippen LogP contribution in [0.2, 0.25) is 0 Å². The number of para-hydroxylation sites is 1. The lowest BCUT2D eigenvalue weighted by Crippen LogP contribution is -2.19. The molecule has 5 nitrogen and oxygen atoms in total. The summed E-state index contributed by atoms with van der Waals surface area (Å²) in [4.78, 5) is 0. The fraction of sp³-hybridized carbons (Fsp3) is 0.385. The van der Waals surface area contributed by atoms with E-state index in [1.807, 2.05) is 0 Å². The van der Waals surface area contributed by atoms with Crippen LogP contribution in [0.1, 0.15) is 19.7 Å². The highest BCUT2D eigenvalue weighted by molar-refractivity contribution is 5.52. The lowest BCUT2D eigenvalue weighted by atomic mass is 10.2.